The Balaban J connectivity index is 3.31. The average molecular weight is 297 g/mol. The topological polar surface area (TPSA) is 60.4 Å². The van der Waals surface area contributed by atoms with Crippen LogP contribution in [0.3, 0.4) is 0 Å². The van der Waals surface area contributed by atoms with Crippen LogP contribution in [0.25, 0.3) is 0 Å². The van der Waals surface area contributed by atoms with Crippen LogP contribution in [0.2, 0.25) is 10.0 Å². The summed E-state index contributed by atoms with van der Waals surface area (Å²) >= 11 is 11.5. The molecule has 1 aromatic carbocycles. The lowest BCUT2D eigenvalue weighted by molar-refractivity contribution is -0.139. The zero-order valence-electron chi connectivity index (χ0n) is 9.11. The van der Waals surface area contributed by atoms with Crippen molar-refractivity contribution in [3.8, 4) is 0 Å². The molecule has 1 unspecified atom stereocenters. The van der Waals surface area contributed by atoms with E-state index in [9.17, 15) is 13.2 Å². The van der Waals surface area contributed by atoms with Crippen molar-refractivity contribution in [3.63, 3.8) is 0 Å². The summed E-state index contributed by atoms with van der Waals surface area (Å²) in [5, 5.41) is -1.08. The molecule has 1 atom stereocenters. The fourth-order valence-corrected chi connectivity index (χ4v) is 3.22. The van der Waals surface area contributed by atoms with Gasteiger partial charge < -0.3 is 4.74 Å². The number of hydrogen-bond acceptors (Lipinski definition) is 4. The third kappa shape index (κ3) is 2.91. The lowest BCUT2D eigenvalue weighted by Crippen LogP contribution is -2.28. The molecule has 7 heteroatoms. The van der Waals surface area contributed by atoms with E-state index < -0.39 is 21.1 Å². The van der Waals surface area contributed by atoms with Gasteiger partial charge in [0.15, 0.2) is 15.1 Å². The van der Waals surface area contributed by atoms with Crippen LogP contribution < -0.4 is 0 Å². The first-order valence-corrected chi connectivity index (χ1v) is 6.87. The monoisotopic (exact) mass is 296 g/mol. The molecule has 0 aliphatic heterocycles. The van der Waals surface area contributed by atoms with Crippen LogP contribution in [0.5, 0.6) is 0 Å². The van der Waals surface area contributed by atoms with Gasteiger partial charge in [0.25, 0.3) is 0 Å². The van der Waals surface area contributed by atoms with Gasteiger partial charge in [-0.2, -0.15) is 0 Å². The summed E-state index contributed by atoms with van der Waals surface area (Å²) in [5.74, 6) is -0.846. The van der Waals surface area contributed by atoms with Crippen LogP contribution in [0.4, 0.5) is 0 Å². The molecule has 0 heterocycles. The highest BCUT2D eigenvalue weighted by molar-refractivity contribution is 7.92. The zero-order valence-corrected chi connectivity index (χ0v) is 11.4. The standard InChI is InChI=1S/C10H10Cl2O4S/c1-6(10(13)16-2)17(14,15)9-5-7(11)3-4-8(9)12/h3-6H,1-2H3. The largest absolute Gasteiger partial charge is 0.468 e. The highest BCUT2D eigenvalue weighted by Gasteiger charge is 2.32. The van der Waals surface area contributed by atoms with Gasteiger partial charge in [-0.15, -0.1) is 0 Å². The highest BCUT2D eigenvalue weighted by atomic mass is 35.5. The van der Waals surface area contributed by atoms with Gasteiger partial charge >= 0.3 is 5.97 Å². The number of benzene rings is 1. The van der Waals surface area contributed by atoms with Crippen LogP contribution in [0.1, 0.15) is 6.92 Å². The van der Waals surface area contributed by atoms with Crippen LogP contribution in [0.15, 0.2) is 23.1 Å². The predicted octanol–water partition coefficient (Wildman–Crippen LogP) is 2.33. The number of rotatable bonds is 3. The smallest absolute Gasteiger partial charge is 0.324 e. The van der Waals surface area contributed by atoms with Gasteiger partial charge in [-0.3, -0.25) is 4.79 Å². The molecule has 0 radical (unpaired) electrons. The third-order valence-corrected chi connectivity index (χ3v) is 4.95. The Morgan fingerprint density at radius 2 is 1.94 bits per heavy atom. The van der Waals surface area contributed by atoms with Gasteiger partial charge in [-0.05, 0) is 25.1 Å². The molecule has 0 fully saturated rings. The third-order valence-electron chi connectivity index (χ3n) is 2.20. The molecular formula is C10H10Cl2O4S. The van der Waals surface area contributed by atoms with Gasteiger partial charge in [0.2, 0.25) is 0 Å². The minimum atomic E-state index is -3.89. The van der Waals surface area contributed by atoms with Crippen molar-refractivity contribution < 1.29 is 17.9 Å². The van der Waals surface area contributed by atoms with Gasteiger partial charge in [-0.25, -0.2) is 8.42 Å². The molecule has 0 spiro atoms. The Hall–Kier alpha value is -0.780. The summed E-state index contributed by atoms with van der Waals surface area (Å²) in [7, 11) is -2.78. The summed E-state index contributed by atoms with van der Waals surface area (Å²) in [6.07, 6.45) is 0. The van der Waals surface area contributed by atoms with E-state index in [2.05, 4.69) is 4.74 Å². The molecule has 0 bridgehead atoms. The Morgan fingerprint density at radius 1 is 1.35 bits per heavy atom. The molecule has 94 valence electrons. The maximum absolute atomic E-state index is 12.1. The predicted molar refractivity (Wildman–Crippen MR) is 65.1 cm³/mol. The van der Waals surface area contributed by atoms with E-state index in [1.165, 1.54) is 25.1 Å². The lowest BCUT2D eigenvalue weighted by atomic mass is 10.4. The molecule has 0 amide bonds. The molecule has 0 saturated heterocycles. The van der Waals surface area contributed by atoms with E-state index in [1.807, 2.05) is 0 Å². The number of esters is 1. The van der Waals surface area contributed by atoms with Crippen molar-refractivity contribution in [3.05, 3.63) is 28.2 Å². The van der Waals surface area contributed by atoms with E-state index in [-0.39, 0.29) is 14.9 Å². The molecule has 17 heavy (non-hydrogen) atoms. The molecule has 0 aromatic heterocycles. The van der Waals surface area contributed by atoms with E-state index >= 15 is 0 Å². The van der Waals surface area contributed by atoms with Crippen LogP contribution in [-0.2, 0) is 19.4 Å². The van der Waals surface area contributed by atoms with E-state index in [0.717, 1.165) is 7.11 Å². The van der Waals surface area contributed by atoms with Crippen LogP contribution in [0, 0.1) is 0 Å². The van der Waals surface area contributed by atoms with Gasteiger partial charge in [-0.1, -0.05) is 23.2 Å². The maximum Gasteiger partial charge on any atom is 0.324 e. The van der Waals surface area contributed by atoms with Gasteiger partial charge in [0, 0.05) is 5.02 Å². The minimum Gasteiger partial charge on any atom is -0.468 e. The van der Waals surface area contributed by atoms with Crippen molar-refractivity contribution in [1.29, 1.82) is 0 Å². The molecule has 0 saturated carbocycles. The van der Waals surface area contributed by atoms with Crippen molar-refractivity contribution in [2.45, 2.75) is 17.1 Å². The van der Waals surface area contributed by atoms with E-state index in [4.69, 9.17) is 23.2 Å². The summed E-state index contributed by atoms with van der Waals surface area (Å²) < 4.78 is 28.5. The zero-order chi connectivity index (χ0) is 13.2. The first kappa shape index (κ1) is 14.3. The second-order valence-electron chi connectivity index (χ2n) is 3.29. The van der Waals surface area contributed by atoms with Crippen molar-refractivity contribution in [2.75, 3.05) is 7.11 Å². The number of carbonyl (C=O) groups is 1. The Labute approximate surface area is 109 Å². The van der Waals surface area contributed by atoms with Crippen molar-refractivity contribution in [2.24, 2.45) is 0 Å². The van der Waals surface area contributed by atoms with Crippen molar-refractivity contribution >= 4 is 39.0 Å². The maximum atomic E-state index is 12.1. The highest BCUT2D eigenvalue weighted by Crippen LogP contribution is 2.28. The Kier molecular flexibility index (Phi) is 4.41. The van der Waals surface area contributed by atoms with E-state index in [0.29, 0.717) is 0 Å². The molecule has 0 aliphatic rings. The number of ether oxygens (including phenoxy) is 1. The second-order valence-corrected chi connectivity index (χ2v) is 6.37. The summed E-state index contributed by atoms with van der Waals surface area (Å²) in [4.78, 5) is 11.1. The average Bonchev–Trinajstić information content (AvgIpc) is 2.30. The molecule has 0 aliphatic carbocycles. The number of carbonyl (C=O) groups excluding carboxylic acids is 1. The SMILES string of the molecule is COC(=O)C(C)S(=O)(=O)c1cc(Cl)ccc1Cl. The molecular weight excluding hydrogens is 287 g/mol. The van der Waals surface area contributed by atoms with Crippen LogP contribution in [-0.4, -0.2) is 26.7 Å². The summed E-state index contributed by atoms with van der Waals surface area (Å²) in [6.45, 7) is 1.23. The molecule has 1 rings (SSSR count). The second kappa shape index (κ2) is 5.25. The van der Waals surface area contributed by atoms with Gasteiger partial charge in [0.05, 0.1) is 17.0 Å². The fraction of sp³-hybridized carbons (Fsp3) is 0.300. The number of methoxy groups -OCH3 is 1. The number of sulfone groups is 1. The lowest BCUT2D eigenvalue weighted by Gasteiger charge is -2.12. The molecule has 0 N–H and O–H groups in total. The number of halogens is 2. The summed E-state index contributed by atoms with van der Waals surface area (Å²) in [5.41, 5.74) is 0. The number of hydrogen-bond donors (Lipinski definition) is 0. The molecule has 1 aromatic rings. The quantitative estimate of drug-likeness (QED) is 0.803. The van der Waals surface area contributed by atoms with E-state index in [1.54, 1.807) is 0 Å². The first-order valence-electron chi connectivity index (χ1n) is 4.57. The normalized spacial score (nSPS) is 13.2. The summed E-state index contributed by atoms with van der Waals surface area (Å²) in [6, 6.07) is 4.03. The first-order chi connectivity index (χ1) is 7.80. The Morgan fingerprint density at radius 3 is 2.47 bits per heavy atom. The minimum absolute atomic E-state index is 0.0187. The Bertz CT molecular complexity index is 539. The van der Waals surface area contributed by atoms with Crippen molar-refractivity contribution in [1.82, 2.24) is 0 Å². The molecule has 4 nitrogen and oxygen atoms in total. The van der Waals surface area contributed by atoms with Gasteiger partial charge in [0.1, 0.15) is 0 Å². The fourth-order valence-electron chi connectivity index (χ4n) is 1.18. The van der Waals surface area contributed by atoms with Crippen LogP contribution >= 0.6 is 23.2 Å².